The van der Waals surface area contributed by atoms with Gasteiger partial charge in [-0.05, 0) is 75.8 Å². The second-order valence-corrected chi connectivity index (χ2v) is 10.3. The molecule has 2 atom stereocenters. The van der Waals surface area contributed by atoms with Gasteiger partial charge in [0.25, 0.3) is 0 Å². The fourth-order valence-electron chi connectivity index (χ4n) is 7.08. The SMILES string of the molecule is Cl.O=C(Nc1ncnc2c1cnn2CCN1CCCCCC1)C12CC3CC(C1)C(C3)C2. The van der Waals surface area contributed by atoms with E-state index in [1.807, 2.05) is 10.9 Å². The highest BCUT2D eigenvalue weighted by Gasteiger charge is 2.59. The molecule has 0 aromatic carbocycles. The van der Waals surface area contributed by atoms with Crippen molar-refractivity contribution in [2.75, 3.05) is 25.0 Å². The van der Waals surface area contributed by atoms with E-state index in [1.54, 1.807) is 6.33 Å². The summed E-state index contributed by atoms with van der Waals surface area (Å²) >= 11 is 0. The number of halogens is 1. The summed E-state index contributed by atoms with van der Waals surface area (Å²) in [5.74, 6) is 3.13. The lowest BCUT2D eigenvalue weighted by Crippen LogP contribution is -2.39. The van der Waals surface area contributed by atoms with Gasteiger partial charge < -0.3 is 10.2 Å². The normalized spacial score (nSPS) is 32.2. The van der Waals surface area contributed by atoms with Crippen LogP contribution in [0.2, 0.25) is 0 Å². The van der Waals surface area contributed by atoms with Crippen LogP contribution in [0.15, 0.2) is 12.5 Å². The Morgan fingerprint density at radius 1 is 1.03 bits per heavy atom. The van der Waals surface area contributed by atoms with Crippen LogP contribution < -0.4 is 5.32 Å². The standard InChI is InChI=1S/C23H32N6O.ClH/c30-22(23-11-16-9-17(12-23)18(10-16)13-23)27-20-19-14-26-29(21(19)25-15-24-20)8-7-28-5-3-1-2-4-6-28;/h14-18H,1-13H2,(H,24,25,27,30);1H. The molecule has 7 rings (SSSR count). The molecule has 4 bridgehead atoms. The second kappa shape index (κ2) is 8.32. The maximum Gasteiger partial charge on any atom is 0.231 e. The maximum absolute atomic E-state index is 13.3. The Labute approximate surface area is 189 Å². The fraction of sp³-hybridized carbons (Fsp3) is 0.739. The van der Waals surface area contributed by atoms with Gasteiger partial charge in [0.1, 0.15) is 12.1 Å². The van der Waals surface area contributed by atoms with Crippen LogP contribution in [-0.4, -0.2) is 50.2 Å². The molecule has 2 aromatic heterocycles. The molecule has 2 unspecified atom stereocenters. The Balaban J connectivity index is 0.00000204. The van der Waals surface area contributed by atoms with Crippen molar-refractivity contribution in [2.24, 2.45) is 23.2 Å². The van der Waals surface area contributed by atoms with E-state index in [4.69, 9.17) is 0 Å². The largest absolute Gasteiger partial charge is 0.309 e. The number of likely N-dealkylation sites (tertiary alicyclic amines) is 1. The van der Waals surface area contributed by atoms with Gasteiger partial charge in [-0.25, -0.2) is 14.6 Å². The third kappa shape index (κ3) is 3.74. The van der Waals surface area contributed by atoms with Crippen molar-refractivity contribution in [1.82, 2.24) is 24.6 Å². The summed E-state index contributed by atoms with van der Waals surface area (Å²) < 4.78 is 1.97. The summed E-state index contributed by atoms with van der Waals surface area (Å²) in [6.07, 6.45) is 14.6. The molecule has 5 fully saturated rings. The predicted octanol–water partition coefficient (Wildman–Crippen LogP) is 3.89. The van der Waals surface area contributed by atoms with Crippen LogP contribution in [-0.2, 0) is 11.3 Å². The van der Waals surface area contributed by atoms with Gasteiger partial charge in [0.05, 0.1) is 23.5 Å². The maximum atomic E-state index is 13.3. The topological polar surface area (TPSA) is 75.9 Å². The van der Waals surface area contributed by atoms with E-state index in [-0.39, 0.29) is 23.7 Å². The van der Waals surface area contributed by atoms with Crippen molar-refractivity contribution in [2.45, 2.75) is 64.3 Å². The molecular formula is C23H33ClN6O. The molecule has 0 radical (unpaired) electrons. The Morgan fingerprint density at radius 3 is 2.48 bits per heavy atom. The Morgan fingerprint density at radius 2 is 1.77 bits per heavy atom. The molecule has 31 heavy (non-hydrogen) atoms. The van der Waals surface area contributed by atoms with Crippen LogP contribution in [0.3, 0.4) is 0 Å². The quantitative estimate of drug-likeness (QED) is 0.757. The molecule has 1 amide bonds. The van der Waals surface area contributed by atoms with Crippen LogP contribution in [0.1, 0.15) is 57.8 Å². The van der Waals surface area contributed by atoms with E-state index >= 15 is 0 Å². The number of fused-ring (bicyclic) bond motifs is 1. The molecule has 168 valence electrons. The minimum atomic E-state index is -0.156. The van der Waals surface area contributed by atoms with Gasteiger partial charge in [0, 0.05) is 6.54 Å². The summed E-state index contributed by atoms with van der Waals surface area (Å²) in [5, 5.41) is 8.63. The first-order chi connectivity index (χ1) is 14.7. The van der Waals surface area contributed by atoms with Crippen molar-refractivity contribution in [1.29, 1.82) is 0 Å². The molecule has 8 heteroatoms. The first-order valence-electron chi connectivity index (χ1n) is 11.9. The molecule has 1 saturated heterocycles. The van der Waals surface area contributed by atoms with Gasteiger partial charge in [-0.15, -0.1) is 12.4 Å². The zero-order chi connectivity index (χ0) is 20.1. The lowest BCUT2D eigenvalue weighted by Gasteiger charge is -2.36. The summed E-state index contributed by atoms with van der Waals surface area (Å²) in [7, 11) is 0. The lowest BCUT2D eigenvalue weighted by molar-refractivity contribution is -0.128. The van der Waals surface area contributed by atoms with Crippen molar-refractivity contribution in [3.8, 4) is 0 Å². The van der Waals surface area contributed by atoms with Gasteiger partial charge in [0.2, 0.25) is 5.91 Å². The zero-order valence-electron chi connectivity index (χ0n) is 18.1. The third-order valence-corrected chi connectivity index (χ3v) is 8.40. The summed E-state index contributed by atoms with van der Waals surface area (Å²) in [5.41, 5.74) is 0.666. The number of aromatic nitrogens is 4. The molecule has 0 spiro atoms. The van der Waals surface area contributed by atoms with Gasteiger partial charge >= 0.3 is 0 Å². The number of hydrogen-bond acceptors (Lipinski definition) is 5. The minimum Gasteiger partial charge on any atom is -0.309 e. The second-order valence-electron chi connectivity index (χ2n) is 10.3. The monoisotopic (exact) mass is 444 g/mol. The van der Waals surface area contributed by atoms with Crippen LogP contribution in [0.4, 0.5) is 5.82 Å². The number of nitrogens with zero attached hydrogens (tertiary/aromatic N) is 5. The number of carbonyl (C=O) groups is 1. The lowest BCUT2D eigenvalue weighted by atomic mass is 9.69. The minimum absolute atomic E-state index is 0. The number of hydrogen-bond donors (Lipinski definition) is 1. The number of rotatable bonds is 5. The van der Waals surface area contributed by atoms with Gasteiger partial charge in [-0.2, -0.15) is 5.10 Å². The van der Waals surface area contributed by atoms with Crippen molar-refractivity contribution >= 4 is 35.2 Å². The van der Waals surface area contributed by atoms with Crippen molar-refractivity contribution in [3.05, 3.63) is 12.5 Å². The smallest absolute Gasteiger partial charge is 0.231 e. The van der Waals surface area contributed by atoms with E-state index in [1.165, 1.54) is 51.6 Å². The van der Waals surface area contributed by atoms with Crippen LogP contribution in [0.25, 0.3) is 11.0 Å². The van der Waals surface area contributed by atoms with Crippen molar-refractivity contribution < 1.29 is 4.79 Å². The summed E-state index contributed by atoms with van der Waals surface area (Å²) in [4.78, 5) is 24.8. The first kappa shape index (κ1) is 21.1. The van der Waals surface area contributed by atoms with Crippen LogP contribution in [0.5, 0.6) is 0 Å². The van der Waals surface area contributed by atoms with Gasteiger partial charge in [0.15, 0.2) is 5.65 Å². The van der Waals surface area contributed by atoms with Crippen molar-refractivity contribution in [3.63, 3.8) is 0 Å². The van der Waals surface area contributed by atoms with E-state index in [9.17, 15) is 4.79 Å². The summed E-state index contributed by atoms with van der Waals surface area (Å²) in [6, 6.07) is 0. The highest BCUT2D eigenvalue weighted by atomic mass is 35.5. The molecule has 4 saturated carbocycles. The molecular weight excluding hydrogens is 412 g/mol. The summed E-state index contributed by atoms with van der Waals surface area (Å²) in [6.45, 7) is 4.18. The average Bonchev–Trinajstić information content (AvgIpc) is 3.26. The number of carbonyl (C=O) groups excluding carboxylic acids is 1. The highest BCUT2D eigenvalue weighted by molar-refractivity contribution is 6.01. The van der Waals surface area contributed by atoms with Gasteiger partial charge in [-0.3, -0.25) is 4.79 Å². The first-order valence-corrected chi connectivity index (χ1v) is 11.9. The fourth-order valence-corrected chi connectivity index (χ4v) is 7.08. The van der Waals surface area contributed by atoms with E-state index in [0.29, 0.717) is 5.82 Å². The number of anilines is 1. The Bertz CT molecular complexity index is 933. The van der Waals surface area contributed by atoms with E-state index in [2.05, 4.69) is 25.3 Å². The molecule has 2 aromatic rings. The zero-order valence-corrected chi connectivity index (χ0v) is 18.9. The third-order valence-electron chi connectivity index (χ3n) is 8.40. The Kier molecular flexibility index (Phi) is 5.67. The predicted molar refractivity (Wildman–Crippen MR) is 122 cm³/mol. The average molecular weight is 445 g/mol. The molecule has 5 aliphatic rings. The van der Waals surface area contributed by atoms with Crippen LogP contribution in [0, 0.1) is 23.2 Å². The van der Waals surface area contributed by atoms with Crippen LogP contribution >= 0.6 is 12.4 Å². The molecule has 1 N–H and O–H groups in total. The Hall–Kier alpha value is -1.73. The molecule has 7 nitrogen and oxygen atoms in total. The molecule has 1 aliphatic heterocycles. The van der Waals surface area contributed by atoms with E-state index < -0.39 is 0 Å². The van der Waals surface area contributed by atoms with Gasteiger partial charge in [-0.1, -0.05) is 12.8 Å². The number of amides is 1. The number of nitrogens with one attached hydrogen (secondary N) is 1. The molecule has 4 aliphatic carbocycles. The highest BCUT2D eigenvalue weighted by Crippen LogP contribution is 2.64. The molecule has 3 heterocycles. The van der Waals surface area contributed by atoms with E-state index in [0.717, 1.165) is 61.1 Å².